The van der Waals surface area contributed by atoms with Gasteiger partial charge in [-0.25, -0.2) is 14.6 Å². The van der Waals surface area contributed by atoms with Crippen molar-refractivity contribution >= 4 is 57.6 Å². The van der Waals surface area contributed by atoms with Crippen molar-refractivity contribution in [2.75, 3.05) is 11.4 Å². The molecule has 0 fully saturated rings. The summed E-state index contributed by atoms with van der Waals surface area (Å²) in [5.74, 6) is -0.308. The number of fused-ring (bicyclic) bond motifs is 2. The molecule has 1 aliphatic heterocycles. The molecule has 3 aromatic rings. The Morgan fingerprint density at radius 1 is 1.11 bits per heavy atom. The average Bonchev–Trinajstić information content (AvgIpc) is 3.28. The number of hydrogen-bond acceptors (Lipinski definition) is 8. The van der Waals surface area contributed by atoms with Crippen LogP contribution in [0.25, 0.3) is 22.4 Å². The first-order chi connectivity index (χ1) is 16.3. The predicted octanol–water partition coefficient (Wildman–Crippen LogP) is 4.79. The molecule has 0 aliphatic carbocycles. The fourth-order valence-corrected chi connectivity index (χ4v) is 4.56. The van der Waals surface area contributed by atoms with Crippen molar-refractivity contribution in [2.24, 2.45) is 0 Å². The van der Waals surface area contributed by atoms with E-state index in [1.165, 1.54) is 6.20 Å². The molecule has 0 spiro atoms. The maximum atomic E-state index is 13.0. The van der Waals surface area contributed by atoms with E-state index in [4.69, 9.17) is 14.0 Å². The van der Waals surface area contributed by atoms with E-state index in [0.29, 0.717) is 34.7 Å². The Morgan fingerprint density at radius 3 is 2.31 bits per heavy atom. The number of nitrogens with one attached hydrogen (secondary N) is 2. The first-order valence-corrected chi connectivity index (χ1v) is 12.0. The molecule has 0 bridgehead atoms. The van der Waals surface area contributed by atoms with Crippen LogP contribution < -0.4 is 10.2 Å². The van der Waals surface area contributed by atoms with E-state index < -0.39 is 23.4 Å². The van der Waals surface area contributed by atoms with Crippen LogP contribution in [-0.4, -0.2) is 51.0 Å². The van der Waals surface area contributed by atoms with Crippen LogP contribution in [-0.2, 0) is 15.9 Å². The van der Waals surface area contributed by atoms with E-state index >= 15 is 0 Å². The number of ether oxygens (including phenoxy) is 2. The summed E-state index contributed by atoms with van der Waals surface area (Å²) in [6.45, 7) is 10.6. The van der Waals surface area contributed by atoms with Crippen molar-refractivity contribution < 1.29 is 28.4 Å². The lowest BCUT2D eigenvalue weighted by Crippen LogP contribution is -2.44. The molecular weight excluding hydrogens is 569 g/mol. The Balaban J connectivity index is 1.84. The highest BCUT2D eigenvalue weighted by molar-refractivity contribution is 14.1. The minimum absolute atomic E-state index is 0.150. The number of anilines is 1. The van der Waals surface area contributed by atoms with E-state index in [2.05, 4.69) is 43.0 Å². The number of H-pyrrole nitrogens is 1. The summed E-state index contributed by atoms with van der Waals surface area (Å²) >= 11 is 2.11. The third-order valence-corrected chi connectivity index (χ3v) is 5.96. The molecule has 0 saturated carbocycles. The topological polar surface area (TPSA) is 140 Å². The van der Waals surface area contributed by atoms with Gasteiger partial charge in [0.25, 0.3) is 5.91 Å². The van der Waals surface area contributed by atoms with Crippen LogP contribution in [0.3, 0.4) is 0 Å². The van der Waals surface area contributed by atoms with Crippen LogP contribution in [0, 0.1) is 3.57 Å². The molecule has 1 aliphatic rings. The number of rotatable bonds is 2. The first-order valence-electron chi connectivity index (χ1n) is 11.0. The molecule has 35 heavy (non-hydrogen) atoms. The van der Waals surface area contributed by atoms with Crippen LogP contribution >= 0.6 is 22.6 Å². The lowest BCUT2D eigenvalue weighted by atomic mass is 10.1. The van der Waals surface area contributed by atoms with Crippen LogP contribution in [0.15, 0.2) is 16.8 Å². The number of aromatic nitrogens is 3. The number of aromatic amines is 1. The van der Waals surface area contributed by atoms with Gasteiger partial charge in [-0.1, -0.05) is 5.16 Å². The molecule has 186 valence electrons. The number of halogens is 1. The summed E-state index contributed by atoms with van der Waals surface area (Å²) in [6, 6.07) is 1.71. The molecule has 0 unspecified atom stereocenters. The van der Waals surface area contributed by atoms with Gasteiger partial charge in [-0.05, 0) is 70.2 Å². The second kappa shape index (κ2) is 8.81. The number of pyridine rings is 1. The lowest BCUT2D eigenvalue weighted by Gasteiger charge is -2.27. The number of amides is 3. The van der Waals surface area contributed by atoms with Crippen LogP contribution in [0.1, 0.15) is 57.6 Å². The smallest absolute Gasteiger partial charge is 0.425 e. The molecule has 12 heteroatoms. The van der Waals surface area contributed by atoms with Gasteiger partial charge < -0.3 is 24.3 Å². The number of hydrogen-bond donors (Lipinski definition) is 2. The summed E-state index contributed by atoms with van der Waals surface area (Å²) in [7, 11) is 0. The monoisotopic (exact) mass is 595 g/mol. The minimum Gasteiger partial charge on any atom is -0.443 e. The normalized spacial score (nSPS) is 13.9. The fourth-order valence-electron chi connectivity index (χ4n) is 3.56. The zero-order valence-electron chi connectivity index (χ0n) is 20.2. The molecule has 3 aromatic heterocycles. The third-order valence-electron chi connectivity index (χ3n) is 4.88. The third kappa shape index (κ3) is 4.97. The van der Waals surface area contributed by atoms with Crippen molar-refractivity contribution in [2.45, 2.75) is 59.2 Å². The Labute approximate surface area is 215 Å². The van der Waals surface area contributed by atoms with Crippen LogP contribution in [0.2, 0.25) is 0 Å². The van der Waals surface area contributed by atoms with Gasteiger partial charge in [-0.3, -0.25) is 4.79 Å². The van der Waals surface area contributed by atoms with Gasteiger partial charge in [0, 0.05) is 30.4 Å². The standard InChI is InChI=1S/C23H26IN5O6/c1-22(2,3)33-20(31)29(21(32)34-23(4,5)6)18-16-17(35-28-18)11(7-9-25-16)15-14(24)13-12(27-15)8-10-26-19(13)30/h7,9,27H,8,10H2,1-6H3,(H,26,30). The Hall–Kier alpha value is -3.16. The number of imide groups is 1. The molecule has 4 heterocycles. The second-order valence-electron chi connectivity index (χ2n) is 10.0. The first kappa shape index (κ1) is 24.9. The molecule has 11 nitrogen and oxygen atoms in total. The molecule has 3 amide bonds. The summed E-state index contributed by atoms with van der Waals surface area (Å²) < 4.78 is 17.2. The van der Waals surface area contributed by atoms with Gasteiger partial charge >= 0.3 is 12.2 Å². The molecule has 4 rings (SSSR count). The maximum Gasteiger partial charge on any atom is 0.425 e. The van der Waals surface area contributed by atoms with Crippen molar-refractivity contribution in [3.8, 4) is 11.3 Å². The maximum absolute atomic E-state index is 13.0. The van der Waals surface area contributed by atoms with Crippen LogP contribution in [0.5, 0.6) is 0 Å². The molecule has 0 aromatic carbocycles. The molecule has 0 radical (unpaired) electrons. The highest BCUT2D eigenvalue weighted by atomic mass is 127. The number of carbonyl (C=O) groups is 3. The summed E-state index contributed by atoms with van der Waals surface area (Å²) in [4.78, 5) is 46.8. The van der Waals surface area contributed by atoms with Crippen molar-refractivity contribution in [3.05, 3.63) is 27.1 Å². The highest BCUT2D eigenvalue weighted by Crippen LogP contribution is 2.37. The van der Waals surface area contributed by atoms with E-state index in [-0.39, 0.29) is 22.8 Å². The number of carbonyl (C=O) groups excluding carboxylic acids is 3. The minimum atomic E-state index is -0.976. The molecule has 0 atom stereocenters. The highest BCUT2D eigenvalue weighted by Gasteiger charge is 2.37. The Kier molecular flexibility index (Phi) is 6.28. The average molecular weight is 595 g/mol. The molecule has 2 N–H and O–H groups in total. The zero-order chi connectivity index (χ0) is 25.7. The Morgan fingerprint density at radius 2 is 1.74 bits per heavy atom. The van der Waals surface area contributed by atoms with Gasteiger partial charge in [-0.15, -0.1) is 0 Å². The predicted molar refractivity (Wildman–Crippen MR) is 135 cm³/mol. The lowest BCUT2D eigenvalue weighted by molar-refractivity contribution is 0.0427. The van der Waals surface area contributed by atoms with Crippen LogP contribution in [0.4, 0.5) is 15.4 Å². The Bertz CT molecular complexity index is 1300. The quantitative estimate of drug-likeness (QED) is 0.404. The van der Waals surface area contributed by atoms with Gasteiger partial charge in [0.05, 0.1) is 14.8 Å². The van der Waals surface area contributed by atoms with Crippen molar-refractivity contribution in [1.29, 1.82) is 0 Å². The van der Waals surface area contributed by atoms with Gasteiger partial charge in [-0.2, -0.15) is 4.90 Å². The van der Waals surface area contributed by atoms with Crippen molar-refractivity contribution in [3.63, 3.8) is 0 Å². The zero-order valence-corrected chi connectivity index (χ0v) is 22.4. The van der Waals surface area contributed by atoms with E-state index in [9.17, 15) is 14.4 Å². The largest absolute Gasteiger partial charge is 0.443 e. The van der Waals surface area contributed by atoms with E-state index in [1.807, 2.05) is 0 Å². The van der Waals surface area contributed by atoms with Gasteiger partial charge in [0.1, 0.15) is 11.2 Å². The van der Waals surface area contributed by atoms with Crippen molar-refractivity contribution in [1.82, 2.24) is 20.4 Å². The fraction of sp³-hybridized carbons (Fsp3) is 0.435. The SMILES string of the molecule is CC(C)(C)OC(=O)N(C(=O)OC(C)(C)C)c1noc2c(-c3[nH]c4c(c3I)C(=O)NCC4)ccnc12. The summed E-state index contributed by atoms with van der Waals surface area (Å²) in [5, 5.41) is 6.84. The summed E-state index contributed by atoms with van der Waals surface area (Å²) in [6.07, 6.45) is 0.223. The second-order valence-corrected chi connectivity index (χ2v) is 11.1. The van der Waals surface area contributed by atoms with Gasteiger partial charge in [0.2, 0.25) is 5.82 Å². The molecular formula is C23H26IN5O6. The summed E-state index contributed by atoms with van der Waals surface area (Å²) in [5.41, 5.74) is 1.27. The van der Waals surface area contributed by atoms with E-state index in [1.54, 1.807) is 47.6 Å². The molecule has 0 saturated heterocycles. The number of nitrogens with zero attached hydrogens (tertiary/aromatic N) is 3. The van der Waals surface area contributed by atoms with E-state index in [0.717, 1.165) is 9.26 Å². The van der Waals surface area contributed by atoms with Gasteiger partial charge in [0.15, 0.2) is 11.1 Å².